The molecule has 7 nitrogen and oxygen atoms in total. The molecular formula is C9H11ClN4O3. The summed E-state index contributed by atoms with van der Waals surface area (Å²) in [7, 11) is 0. The summed E-state index contributed by atoms with van der Waals surface area (Å²) in [5.74, 6) is -0.764. The number of carboxylic acids is 1. The molecule has 1 atom stereocenters. The van der Waals surface area contributed by atoms with Gasteiger partial charge < -0.3 is 20.3 Å². The molecule has 0 saturated carbocycles. The Balaban J connectivity index is 2.39. The highest BCUT2D eigenvalue weighted by molar-refractivity contribution is 6.32. The number of hydrogen-bond donors (Lipinski definition) is 3. The second-order valence-corrected chi connectivity index (χ2v) is 4.00. The molecule has 8 heteroatoms. The predicted octanol–water partition coefficient (Wildman–Crippen LogP) is -0.714. The Morgan fingerprint density at radius 2 is 2.41 bits per heavy atom. The number of H-pyrrole nitrogens is 1. The first-order valence-electron chi connectivity index (χ1n) is 5.04. The summed E-state index contributed by atoms with van der Waals surface area (Å²) >= 11 is 5.84. The fourth-order valence-corrected chi connectivity index (χ4v) is 1.96. The fourth-order valence-electron chi connectivity index (χ4n) is 1.75. The van der Waals surface area contributed by atoms with E-state index in [-0.39, 0.29) is 10.8 Å². The largest absolute Gasteiger partial charge is 0.480 e. The van der Waals surface area contributed by atoms with Gasteiger partial charge in [0.2, 0.25) is 0 Å². The van der Waals surface area contributed by atoms with Gasteiger partial charge in [-0.25, -0.2) is 9.78 Å². The summed E-state index contributed by atoms with van der Waals surface area (Å²) in [6.45, 7) is 1.35. The van der Waals surface area contributed by atoms with Crippen LogP contribution in [0, 0.1) is 0 Å². The number of rotatable bonds is 2. The van der Waals surface area contributed by atoms with Gasteiger partial charge in [-0.2, -0.15) is 0 Å². The number of nitrogens with zero attached hydrogens (tertiary/aromatic N) is 2. The average molecular weight is 259 g/mol. The molecule has 1 fully saturated rings. The molecule has 2 heterocycles. The second-order valence-electron chi connectivity index (χ2n) is 3.62. The van der Waals surface area contributed by atoms with Crippen molar-refractivity contribution in [1.82, 2.24) is 15.3 Å². The van der Waals surface area contributed by atoms with Gasteiger partial charge >= 0.3 is 5.97 Å². The highest BCUT2D eigenvalue weighted by Crippen LogP contribution is 2.21. The van der Waals surface area contributed by atoms with E-state index in [1.54, 1.807) is 0 Å². The number of hydrogen-bond acceptors (Lipinski definition) is 5. The molecule has 1 aromatic heterocycles. The number of aromatic nitrogens is 2. The van der Waals surface area contributed by atoms with Gasteiger partial charge in [-0.05, 0) is 0 Å². The Labute approximate surface area is 101 Å². The van der Waals surface area contributed by atoms with E-state index in [9.17, 15) is 9.59 Å². The van der Waals surface area contributed by atoms with E-state index in [0.29, 0.717) is 19.6 Å². The van der Waals surface area contributed by atoms with Crippen molar-refractivity contribution in [2.24, 2.45) is 0 Å². The van der Waals surface area contributed by atoms with Crippen molar-refractivity contribution in [3.8, 4) is 0 Å². The lowest BCUT2D eigenvalue weighted by Crippen LogP contribution is -2.55. The second kappa shape index (κ2) is 4.72. The van der Waals surface area contributed by atoms with Crippen LogP contribution < -0.4 is 15.8 Å². The van der Waals surface area contributed by atoms with Crippen molar-refractivity contribution in [3.05, 3.63) is 21.7 Å². The molecule has 1 unspecified atom stereocenters. The quantitative estimate of drug-likeness (QED) is 0.648. The molecule has 17 heavy (non-hydrogen) atoms. The minimum absolute atomic E-state index is 0.0827. The van der Waals surface area contributed by atoms with E-state index in [1.165, 1.54) is 11.2 Å². The lowest BCUT2D eigenvalue weighted by atomic mass is 10.2. The monoisotopic (exact) mass is 258 g/mol. The van der Waals surface area contributed by atoms with Crippen molar-refractivity contribution in [2.75, 3.05) is 24.5 Å². The summed E-state index contributed by atoms with van der Waals surface area (Å²) in [4.78, 5) is 30.2. The molecule has 0 bridgehead atoms. The van der Waals surface area contributed by atoms with Crippen LogP contribution in [0.25, 0.3) is 0 Å². The van der Waals surface area contributed by atoms with Gasteiger partial charge in [0.15, 0.2) is 5.82 Å². The normalized spacial score (nSPS) is 20.3. The van der Waals surface area contributed by atoms with Gasteiger partial charge in [0, 0.05) is 19.6 Å². The maximum Gasteiger partial charge on any atom is 0.327 e. The first kappa shape index (κ1) is 11.9. The van der Waals surface area contributed by atoms with Crippen molar-refractivity contribution in [2.45, 2.75) is 6.04 Å². The van der Waals surface area contributed by atoms with Gasteiger partial charge in [-0.1, -0.05) is 11.6 Å². The Morgan fingerprint density at radius 3 is 3.12 bits per heavy atom. The Kier molecular flexibility index (Phi) is 3.30. The molecule has 2 rings (SSSR count). The van der Waals surface area contributed by atoms with Gasteiger partial charge in [-0.3, -0.25) is 4.79 Å². The zero-order valence-corrected chi connectivity index (χ0v) is 9.57. The molecule has 1 aliphatic rings. The topological polar surface area (TPSA) is 98.3 Å². The molecule has 1 saturated heterocycles. The first-order chi connectivity index (χ1) is 8.11. The van der Waals surface area contributed by atoms with E-state index in [4.69, 9.17) is 16.7 Å². The number of piperazine rings is 1. The maximum atomic E-state index is 11.3. The summed E-state index contributed by atoms with van der Waals surface area (Å²) < 4.78 is 0. The lowest BCUT2D eigenvalue weighted by molar-refractivity contribution is -0.138. The minimum Gasteiger partial charge on any atom is -0.480 e. The number of nitrogens with one attached hydrogen (secondary N) is 2. The Morgan fingerprint density at radius 1 is 1.65 bits per heavy atom. The van der Waals surface area contributed by atoms with Crippen molar-refractivity contribution in [1.29, 1.82) is 0 Å². The lowest BCUT2D eigenvalue weighted by Gasteiger charge is -2.34. The molecule has 0 radical (unpaired) electrons. The third-order valence-corrected chi connectivity index (χ3v) is 2.92. The summed E-state index contributed by atoms with van der Waals surface area (Å²) in [6, 6.07) is -0.768. The summed E-state index contributed by atoms with van der Waals surface area (Å²) in [5.41, 5.74) is -0.473. The standard InChI is InChI=1S/C9H11ClN4O3/c10-6-7(12-4-13-8(6)15)14-2-1-11-3-5(14)9(16)17/h4-5,11H,1-3H2,(H,16,17)(H,12,13,15). The zero-order chi connectivity index (χ0) is 12.4. The van der Waals surface area contributed by atoms with Crippen LogP contribution in [0.3, 0.4) is 0 Å². The van der Waals surface area contributed by atoms with E-state index in [1.807, 2.05) is 0 Å². The molecule has 0 aliphatic carbocycles. The van der Waals surface area contributed by atoms with Crippen LogP contribution in [0.5, 0.6) is 0 Å². The molecule has 3 N–H and O–H groups in total. The maximum absolute atomic E-state index is 11.3. The zero-order valence-electron chi connectivity index (χ0n) is 8.81. The molecule has 0 amide bonds. The third-order valence-electron chi connectivity index (χ3n) is 2.58. The van der Waals surface area contributed by atoms with Gasteiger partial charge in [0.1, 0.15) is 11.1 Å². The van der Waals surface area contributed by atoms with E-state index < -0.39 is 17.6 Å². The van der Waals surface area contributed by atoms with Crippen molar-refractivity contribution < 1.29 is 9.90 Å². The van der Waals surface area contributed by atoms with Crippen LogP contribution in [0.1, 0.15) is 0 Å². The van der Waals surface area contributed by atoms with Crippen LogP contribution in [-0.4, -0.2) is 46.7 Å². The van der Waals surface area contributed by atoms with Gasteiger partial charge in [0.25, 0.3) is 5.56 Å². The van der Waals surface area contributed by atoms with E-state index in [2.05, 4.69) is 15.3 Å². The Bertz CT molecular complexity index is 489. The SMILES string of the molecule is O=C(O)C1CNCCN1c1nc[nH]c(=O)c1Cl. The van der Waals surface area contributed by atoms with E-state index >= 15 is 0 Å². The minimum atomic E-state index is -0.977. The molecule has 92 valence electrons. The van der Waals surface area contributed by atoms with Crippen molar-refractivity contribution in [3.63, 3.8) is 0 Å². The highest BCUT2D eigenvalue weighted by Gasteiger charge is 2.31. The summed E-state index contributed by atoms with van der Waals surface area (Å²) in [5, 5.41) is 12.0. The number of carbonyl (C=O) groups is 1. The smallest absolute Gasteiger partial charge is 0.327 e. The average Bonchev–Trinajstić information content (AvgIpc) is 2.33. The highest BCUT2D eigenvalue weighted by atomic mass is 35.5. The van der Waals surface area contributed by atoms with Crippen LogP contribution in [-0.2, 0) is 4.79 Å². The van der Waals surface area contributed by atoms with Crippen LogP contribution >= 0.6 is 11.6 Å². The molecular weight excluding hydrogens is 248 g/mol. The molecule has 0 spiro atoms. The van der Waals surface area contributed by atoms with Gasteiger partial charge in [0.05, 0.1) is 6.33 Å². The fraction of sp³-hybridized carbons (Fsp3) is 0.444. The van der Waals surface area contributed by atoms with Crippen molar-refractivity contribution >= 4 is 23.4 Å². The number of aliphatic carboxylic acids is 1. The Hall–Kier alpha value is -1.60. The van der Waals surface area contributed by atoms with Crippen LogP contribution in [0.4, 0.5) is 5.82 Å². The summed E-state index contributed by atoms with van der Waals surface area (Å²) in [6.07, 6.45) is 1.21. The number of anilines is 1. The number of halogens is 1. The van der Waals surface area contributed by atoms with Gasteiger partial charge in [-0.15, -0.1) is 0 Å². The molecule has 0 aromatic carbocycles. The van der Waals surface area contributed by atoms with Crippen LogP contribution in [0.15, 0.2) is 11.1 Å². The third kappa shape index (κ3) is 2.25. The molecule has 1 aliphatic heterocycles. The first-order valence-corrected chi connectivity index (χ1v) is 5.42. The molecule has 1 aromatic rings. The number of carboxylic acid groups (broad SMARTS) is 1. The van der Waals surface area contributed by atoms with E-state index in [0.717, 1.165) is 0 Å². The predicted molar refractivity (Wildman–Crippen MR) is 61.5 cm³/mol. The number of aromatic amines is 1. The van der Waals surface area contributed by atoms with Crippen LogP contribution in [0.2, 0.25) is 5.02 Å².